The van der Waals surface area contributed by atoms with Crippen molar-refractivity contribution >= 4 is 18.6 Å². The molecule has 0 fully saturated rings. The minimum absolute atomic E-state index is 0.0340. The minimum Gasteiger partial charge on any atom is -0.449 e. The normalized spacial score (nSPS) is 12.2. The van der Waals surface area contributed by atoms with Crippen molar-refractivity contribution in [2.24, 2.45) is 7.05 Å². The van der Waals surface area contributed by atoms with E-state index in [1.807, 2.05) is 0 Å². The smallest absolute Gasteiger partial charge is 0.449 e. The lowest BCUT2D eigenvalue weighted by Gasteiger charge is -2.13. The molecule has 1 aromatic heterocycles. The number of hydrogen-bond donors (Lipinski definition) is 0. The van der Waals surface area contributed by atoms with Crippen LogP contribution >= 0.6 is 11.6 Å². The van der Waals surface area contributed by atoms with Crippen molar-refractivity contribution in [1.29, 1.82) is 0 Å². The van der Waals surface area contributed by atoms with Crippen molar-refractivity contribution in [1.82, 2.24) is 9.78 Å². The van der Waals surface area contributed by atoms with Gasteiger partial charge in [-0.2, -0.15) is 5.10 Å². The Labute approximate surface area is 78.7 Å². The van der Waals surface area contributed by atoms with Crippen LogP contribution in [0.5, 0.6) is 0 Å². The Morgan fingerprint density at radius 3 is 2.31 bits per heavy atom. The number of aryl methyl sites for hydroxylation is 2. The molecule has 0 unspecified atom stereocenters. The summed E-state index contributed by atoms with van der Waals surface area (Å²) in [5.74, 6) is 0. The van der Waals surface area contributed by atoms with E-state index in [4.69, 9.17) is 11.6 Å². The largest absolute Gasteiger partial charge is 0.484 e. The topological polar surface area (TPSA) is 17.8 Å². The van der Waals surface area contributed by atoms with Gasteiger partial charge in [0.25, 0.3) is 0 Å². The maximum Gasteiger partial charge on any atom is 0.484 e. The Hall–Kier alpha value is -0.645. The highest BCUT2D eigenvalue weighted by atomic mass is 35.5. The molecule has 0 aromatic carbocycles. The highest BCUT2D eigenvalue weighted by Crippen LogP contribution is 2.24. The fraction of sp³-hybridized carbons (Fsp3) is 0.500. The van der Waals surface area contributed by atoms with Crippen LogP contribution in [0.3, 0.4) is 0 Å². The van der Waals surface area contributed by atoms with E-state index in [2.05, 4.69) is 5.10 Å². The van der Waals surface area contributed by atoms with E-state index < -0.39 is 13.3 Å². The van der Waals surface area contributed by atoms with Gasteiger partial charge in [0.15, 0.2) is 0 Å². The summed E-state index contributed by atoms with van der Waals surface area (Å²) in [7, 11) is 1.45. The van der Waals surface area contributed by atoms with Crippen LogP contribution in [0.25, 0.3) is 0 Å². The Morgan fingerprint density at radius 2 is 2.00 bits per heavy atom. The van der Waals surface area contributed by atoms with Crippen molar-refractivity contribution in [2.75, 3.05) is 0 Å². The van der Waals surface area contributed by atoms with Crippen molar-refractivity contribution in [3.05, 3.63) is 16.4 Å². The summed E-state index contributed by atoms with van der Waals surface area (Å²) in [4.78, 5) is 0. The molecule has 1 aromatic rings. The van der Waals surface area contributed by atoms with Gasteiger partial charge in [-0.15, -0.1) is 0 Å². The molecule has 0 atom stereocenters. The Balaban J connectivity index is 3.01. The van der Waals surface area contributed by atoms with E-state index in [1.54, 1.807) is 6.92 Å². The monoisotopic (exact) mass is 211 g/mol. The SMILES string of the molecule is Cc1nn(C)c(C[B-](F)(F)F)c1Cl. The zero-order valence-corrected chi connectivity index (χ0v) is 7.95. The molecule has 0 saturated carbocycles. The molecule has 7 heteroatoms. The molecule has 13 heavy (non-hydrogen) atoms. The van der Waals surface area contributed by atoms with Gasteiger partial charge in [-0.3, -0.25) is 4.68 Å². The standard InChI is InChI=1S/C6H8BClF3N2/c1-4-6(8)5(13(2)12-4)3-7(9,10)11/h3H2,1-2H3/q-1. The molecule has 0 saturated heterocycles. The molecule has 2 nitrogen and oxygen atoms in total. The number of rotatable bonds is 2. The molecule has 0 bridgehead atoms. The number of hydrogen-bond acceptors (Lipinski definition) is 1. The Kier molecular flexibility index (Phi) is 2.61. The lowest BCUT2D eigenvalue weighted by molar-refractivity contribution is 0.464. The molecule has 1 rings (SSSR count). The van der Waals surface area contributed by atoms with Gasteiger partial charge in [-0.1, -0.05) is 11.6 Å². The van der Waals surface area contributed by atoms with Crippen molar-refractivity contribution in [3.63, 3.8) is 0 Å². The van der Waals surface area contributed by atoms with E-state index >= 15 is 0 Å². The molecule has 74 valence electrons. The maximum absolute atomic E-state index is 12.1. The maximum atomic E-state index is 12.1. The third-order valence-corrected chi connectivity index (χ3v) is 2.18. The quantitative estimate of drug-likeness (QED) is 0.687. The Morgan fingerprint density at radius 1 is 1.46 bits per heavy atom. The predicted octanol–water partition coefficient (Wildman–Crippen LogP) is 2.31. The number of halogens is 4. The van der Waals surface area contributed by atoms with Crippen LogP contribution in [0, 0.1) is 6.92 Å². The molecular formula is C6H8BClF3N2-. The molecule has 0 aliphatic rings. The second kappa shape index (κ2) is 3.25. The van der Waals surface area contributed by atoms with Gasteiger partial charge in [-0.25, -0.2) is 0 Å². The van der Waals surface area contributed by atoms with Crippen molar-refractivity contribution in [3.8, 4) is 0 Å². The molecule has 0 aliphatic carbocycles. The number of nitrogens with zero attached hydrogens (tertiary/aromatic N) is 2. The van der Waals surface area contributed by atoms with Crippen LogP contribution in [0.1, 0.15) is 11.4 Å². The molecule has 0 N–H and O–H groups in total. The summed E-state index contributed by atoms with van der Waals surface area (Å²) in [5.41, 5.74) is 0.464. The van der Waals surface area contributed by atoms with Crippen LogP contribution < -0.4 is 0 Å². The third-order valence-electron chi connectivity index (χ3n) is 1.69. The van der Waals surface area contributed by atoms with Crippen LogP contribution in [0.15, 0.2) is 0 Å². The highest BCUT2D eigenvalue weighted by Gasteiger charge is 2.27. The first kappa shape index (κ1) is 10.4. The van der Waals surface area contributed by atoms with E-state index in [9.17, 15) is 12.9 Å². The lowest BCUT2D eigenvalue weighted by Crippen LogP contribution is -2.21. The molecule has 1 heterocycles. The van der Waals surface area contributed by atoms with Gasteiger partial charge in [-0.05, 0) is 13.2 Å². The molecule has 0 spiro atoms. The molecule has 0 aliphatic heterocycles. The summed E-state index contributed by atoms with van der Waals surface area (Å²) in [6.45, 7) is -3.27. The summed E-state index contributed by atoms with van der Waals surface area (Å²) < 4.78 is 37.4. The van der Waals surface area contributed by atoms with E-state index in [0.717, 1.165) is 0 Å². The fourth-order valence-electron chi connectivity index (χ4n) is 1.12. The van der Waals surface area contributed by atoms with Gasteiger partial charge < -0.3 is 12.9 Å². The average Bonchev–Trinajstić information content (AvgIpc) is 2.14. The summed E-state index contributed by atoms with van der Waals surface area (Å²) in [5, 5.41) is 3.90. The fourth-order valence-corrected chi connectivity index (χ4v) is 1.36. The third kappa shape index (κ3) is 2.40. The molecular weight excluding hydrogens is 203 g/mol. The first-order chi connectivity index (χ1) is 5.81. The summed E-state index contributed by atoms with van der Waals surface area (Å²) >= 11 is 5.65. The van der Waals surface area contributed by atoms with Crippen LogP contribution in [-0.4, -0.2) is 16.8 Å². The molecule has 0 amide bonds. The van der Waals surface area contributed by atoms with Gasteiger partial charge in [0, 0.05) is 12.7 Å². The second-order valence-electron chi connectivity index (χ2n) is 2.88. The van der Waals surface area contributed by atoms with Crippen molar-refractivity contribution < 1.29 is 12.9 Å². The zero-order valence-electron chi connectivity index (χ0n) is 7.19. The van der Waals surface area contributed by atoms with Gasteiger partial charge in [0.05, 0.1) is 10.7 Å². The predicted molar refractivity (Wildman–Crippen MR) is 45.7 cm³/mol. The average molecular weight is 211 g/mol. The van der Waals surface area contributed by atoms with E-state index in [1.165, 1.54) is 11.7 Å². The Bertz CT molecular complexity index is 320. The lowest BCUT2D eigenvalue weighted by atomic mass is 9.84. The first-order valence-electron chi connectivity index (χ1n) is 3.70. The second-order valence-corrected chi connectivity index (χ2v) is 3.26. The highest BCUT2D eigenvalue weighted by molar-refractivity contribution is 6.58. The van der Waals surface area contributed by atoms with Crippen LogP contribution in [0.2, 0.25) is 5.02 Å². The summed E-state index contributed by atoms with van der Waals surface area (Å²) in [6, 6.07) is 0. The van der Waals surface area contributed by atoms with E-state index in [-0.39, 0.29) is 10.7 Å². The van der Waals surface area contributed by atoms with Gasteiger partial charge in [0.2, 0.25) is 0 Å². The van der Waals surface area contributed by atoms with Gasteiger partial charge >= 0.3 is 6.98 Å². The van der Waals surface area contributed by atoms with Crippen LogP contribution in [0.4, 0.5) is 12.9 Å². The minimum atomic E-state index is -4.85. The number of aromatic nitrogens is 2. The van der Waals surface area contributed by atoms with E-state index in [0.29, 0.717) is 5.69 Å². The molecule has 0 radical (unpaired) electrons. The first-order valence-corrected chi connectivity index (χ1v) is 4.08. The van der Waals surface area contributed by atoms with Crippen molar-refractivity contribution in [2.45, 2.75) is 13.2 Å². The zero-order chi connectivity index (χ0) is 10.2. The van der Waals surface area contributed by atoms with Gasteiger partial charge in [0.1, 0.15) is 0 Å². The van der Waals surface area contributed by atoms with Crippen LogP contribution in [-0.2, 0) is 13.4 Å². The summed E-state index contributed by atoms with van der Waals surface area (Å²) in [6.07, 6.45) is -0.976.